The van der Waals surface area contributed by atoms with Crippen LogP contribution in [0.2, 0.25) is 0 Å². The highest BCUT2D eigenvalue weighted by atomic mass is 32.1. The van der Waals surface area contributed by atoms with Crippen molar-refractivity contribution < 1.29 is 9.90 Å². The van der Waals surface area contributed by atoms with Crippen molar-refractivity contribution in [1.29, 1.82) is 0 Å². The smallest absolute Gasteiger partial charge is 0.412 e. The third-order valence-electron chi connectivity index (χ3n) is 3.38. The molecule has 0 saturated carbocycles. The predicted octanol–water partition coefficient (Wildman–Crippen LogP) is 5.10. The van der Waals surface area contributed by atoms with Crippen LogP contribution in [0.3, 0.4) is 0 Å². The van der Waals surface area contributed by atoms with E-state index in [4.69, 9.17) is 0 Å². The van der Waals surface area contributed by atoms with E-state index in [2.05, 4.69) is 0 Å². The minimum absolute atomic E-state index is 0.337. The van der Waals surface area contributed by atoms with Gasteiger partial charge in [-0.2, -0.15) is 0 Å². The first kappa shape index (κ1) is 14.4. The van der Waals surface area contributed by atoms with Crippen molar-refractivity contribution in [1.82, 2.24) is 0 Å². The van der Waals surface area contributed by atoms with E-state index in [-0.39, 0.29) is 0 Å². The van der Waals surface area contributed by atoms with Crippen molar-refractivity contribution in [2.75, 3.05) is 4.90 Å². The third-order valence-corrected chi connectivity index (χ3v) is 4.30. The first-order chi connectivity index (χ1) is 10.7. The van der Waals surface area contributed by atoms with Gasteiger partial charge in [-0.1, -0.05) is 48.5 Å². The van der Waals surface area contributed by atoms with Gasteiger partial charge in [0.2, 0.25) is 0 Å². The van der Waals surface area contributed by atoms with Gasteiger partial charge in [-0.3, -0.25) is 4.90 Å². The summed E-state index contributed by atoms with van der Waals surface area (Å²) in [6.45, 7) is 0.337. The van der Waals surface area contributed by atoms with Gasteiger partial charge in [0.25, 0.3) is 0 Å². The van der Waals surface area contributed by atoms with Crippen molar-refractivity contribution >= 4 is 23.1 Å². The van der Waals surface area contributed by atoms with Crippen molar-refractivity contribution in [2.45, 2.75) is 6.54 Å². The maximum atomic E-state index is 11.6. The van der Waals surface area contributed by atoms with Crippen LogP contribution in [-0.4, -0.2) is 11.2 Å². The predicted molar refractivity (Wildman–Crippen MR) is 90.4 cm³/mol. The Morgan fingerprint density at radius 2 is 1.82 bits per heavy atom. The maximum Gasteiger partial charge on any atom is 0.412 e. The van der Waals surface area contributed by atoms with Gasteiger partial charge >= 0.3 is 6.09 Å². The van der Waals surface area contributed by atoms with E-state index in [1.54, 1.807) is 11.3 Å². The molecular weight excluding hydrogens is 294 g/mol. The lowest BCUT2D eigenvalue weighted by molar-refractivity contribution is 0.201. The van der Waals surface area contributed by atoms with Crippen molar-refractivity contribution in [3.05, 3.63) is 77.7 Å². The Balaban J connectivity index is 1.92. The summed E-state index contributed by atoms with van der Waals surface area (Å²) in [6, 6.07) is 21.3. The number of rotatable bonds is 4. The summed E-state index contributed by atoms with van der Waals surface area (Å²) in [7, 11) is 0. The normalized spacial score (nSPS) is 10.4. The molecular formula is C18H15NO2S. The molecule has 2 aromatic carbocycles. The monoisotopic (exact) mass is 309 g/mol. The molecule has 0 radical (unpaired) electrons. The minimum atomic E-state index is -0.952. The van der Waals surface area contributed by atoms with E-state index in [9.17, 15) is 9.90 Å². The molecule has 22 heavy (non-hydrogen) atoms. The summed E-state index contributed by atoms with van der Waals surface area (Å²) >= 11 is 1.64. The highest BCUT2D eigenvalue weighted by molar-refractivity contribution is 7.13. The average molecular weight is 309 g/mol. The van der Waals surface area contributed by atoms with E-state index in [1.807, 2.05) is 72.1 Å². The van der Waals surface area contributed by atoms with Crippen LogP contribution in [0.5, 0.6) is 0 Å². The van der Waals surface area contributed by atoms with E-state index in [1.165, 1.54) is 4.90 Å². The fourth-order valence-corrected chi connectivity index (χ4v) is 3.03. The molecule has 110 valence electrons. The zero-order valence-electron chi connectivity index (χ0n) is 11.8. The Bertz CT molecular complexity index is 754. The highest BCUT2D eigenvalue weighted by Crippen LogP contribution is 2.29. The molecule has 3 nitrogen and oxygen atoms in total. The van der Waals surface area contributed by atoms with E-state index < -0.39 is 6.09 Å². The zero-order chi connectivity index (χ0) is 15.4. The summed E-state index contributed by atoms with van der Waals surface area (Å²) in [6.07, 6.45) is -0.952. The molecule has 3 rings (SSSR count). The zero-order valence-corrected chi connectivity index (χ0v) is 12.7. The second-order valence-electron chi connectivity index (χ2n) is 4.88. The number of thiophene rings is 1. The fraction of sp³-hybridized carbons (Fsp3) is 0.0556. The number of carbonyl (C=O) groups is 1. The molecule has 0 spiro atoms. The van der Waals surface area contributed by atoms with Gasteiger partial charge in [0.05, 0.1) is 6.54 Å². The summed E-state index contributed by atoms with van der Waals surface area (Å²) in [5, 5.41) is 11.6. The van der Waals surface area contributed by atoms with E-state index in [0.29, 0.717) is 12.2 Å². The Morgan fingerprint density at radius 1 is 1.00 bits per heavy atom. The molecule has 1 N–H and O–H groups in total. The lowest BCUT2D eigenvalue weighted by atomic mass is 10.1. The molecule has 0 saturated heterocycles. The molecule has 0 aliphatic heterocycles. The van der Waals surface area contributed by atoms with Gasteiger partial charge in [-0.25, -0.2) is 4.79 Å². The molecule has 0 unspecified atom stereocenters. The molecule has 3 aromatic rings. The average Bonchev–Trinajstić information content (AvgIpc) is 3.08. The third kappa shape index (κ3) is 3.18. The first-order valence-electron chi connectivity index (χ1n) is 6.92. The molecule has 0 fully saturated rings. The van der Waals surface area contributed by atoms with Crippen molar-refractivity contribution in [3.63, 3.8) is 0 Å². The number of benzene rings is 2. The standard InChI is InChI=1S/C18H15NO2S/c20-18(21)19(13-14-6-2-1-3-7-14)16-9-4-8-15(12-16)17-10-5-11-22-17/h1-12H,13H2,(H,20,21). The molecule has 0 bridgehead atoms. The number of amides is 1. The summed E-state index contributed by atoms with van der Waals surface area (Å²) in [4.78, 5) is 14.1. The van der Waals surface area contributed by atoms with Crippen LogP contribution < -0.4 is 4.90 Å². The Morgan fingerprint density at radius 3 is 2.50 bits per heavy atom. The van der Waals surface area contributed by atoms with E-state index in [0.717, 1.165) is 16.0 Å². The Hall–Kier alpha value is -2.59. The molecule has 1 heterocycles. The molecule has 0 atom stereocenters. The van der Waals surface area contributed by atoms with Crippen LogP contribution in [0.25, 0.3) is 10.4 Å². The summed E-state index contributed by atoms with van der Waals surface area (Å²) < 4.78 is 0. The number of hydrogen-bond donors (Lipinski definition) is 1. The maximum absolute atomic E-state index is 11.6. The first-order valence-corrected chi connectivity index (χ1v) is 7.80. The number of nitrogens with zero attached hydrogens (tertiary/aromatic N) is 1. The van der Waals surface area contributed by atoms with E-state index >= 15 is 0 Å². The number of carboxylic acid groups (broad SMARTS) is 1. The van der Waals surface area contributed by atoms with Crippen LogP contribution in [-0.2, 0) is 6.54 Å². The van der Waals surface area contributed by atoms with Crippen LogP contribution in [0.4, 0.5) is 10.5 Å². The van der Waals surface area contributed by atoms with Gasteiger partial charge in [0.1, 0.15) is 0 Å². The van der Waals surface area contributed by atoms with Crippen molar-refractivity contribution in [2.24, 2.45) is 0 Å². The van der Waals surface area contributed by atoms with Gasteiger partial charge < -0.3 is 5.11 Å². The van der Waals surface area contributed by atoms with Gasteiger partial charge in [-0.05, 0) is 34.7 Å². The van der Waals surface area contributed by atoms with Crippen LogP contribution in [0, 0.1) is 0 Å². The number of anilines is 1. The highest BCUT2D eigenvalue weighted by Gasteiger charge is 2.15. The van der Waals surface area contributed by atoms with Crippen LogP contribution in [0.15, 0.2) is 72.1 Å². The Labute approximate surface area is 133 Å². The van der Waals surface area contributed by atoms with Crippen molar-refractivity contribution in [3.8, 4) is 10.4 Å². The quantitative estimate of drug-likeness (QED) is 0.728. The lowest BCUT2D eigenvalue weighted by Crippen LogP contribution is -2.28. The molecule has 0 aliphatic rings. The second-order valence-corrected chi connectivity index (χ2v) is 5.83. The second kappa shape index (κ2) is 6.45. The van der Waals surface area contributed by atoms with Gasteiger partial charge in [0.15, 0.2) is 0 Å². The molecule has 0 aliphatic carbocycles. The SMILES string of the molecule is O=C(O)N(Cc1ccccc1)c1cccc(-c2cccs2)c1. The summed E-state index contributed by atoms with van der Waals surface area (Å²) in [5.74, 6) is 0. The summed E-state index contributed by atoms with van der Waals surface area (Å²) in [5.41, 5.74) is 2.68. The van der Waals surface area contributed by atoms with Gasteiger partial charge in [0, 0.05) is 10.6 Å². The fourth-order valence-electron chi connectivity index (χ4n) is 2.31. The molecule has 1 amide bonds. The van der Waals surface area contributed by atoms with Crippen LogP contribution >= 0.6 is 11.3 Å². The topological polar surface area (TPSA) is 40.5 Å². The molecule has 4 heteroatoms. The largest absolute Gasteiger partial charge is 0.465 e. The van der Waals surface area contributed by atoms with Gasteiger partial charge in [-0.15, -0.1) is 11.3 Å². The van der Waals surface area contributed by atoms with Crippen LogP contribution in [0.1, 0.15) is 5.56 Å². The minimum Gasteiger partial charge on any atom is -0.465 e. The molecule has 1 aromatic heterocycles. The lowest BCUT2D eigenvalue weighted by Gasteiger charge is -2.20. The number of hydrogen-bond acceptors (Lipinski definition) is 2. The Kier molecular flexibility index (Phi) is 4.21.